The van der Waals surface area contributed by atoms with Gasteiger partial charge in [0, 0.05) is 11.7 Å². The lowest BCUT2D eigenvalue weighted by Crippen LogP contribution is -2.38. The number of benzene rings is 2. The van der Waals surface area contributed by atoms with E-state index in [0.29, 0.717) is 17.6 Å². The summed E-state index contributed by atoms with van der Waals surface area (Å²) in [6.07, 6.45) is 4.60. The topological polar surface area (TPSA) is 84.5 Å². The minimum absolute atomic E-state index is 0.0984. The lowest BCUT2D eigenvalue weighted by atomic mass is 9.95. The molecule has 6 nitrogen and oxygen atoms in total. The molecule has 0 radical (unpaired) electrons. The molecule has 2 aromatic carbocycles. The van der Waals surface area contributed by atoms with Crippen LogP contribution in [0.25, 0.3) is 0 Å². The van der Waals surface area contributed by atoms with Crippen LogP contribution in [0, 0.1) is 11.8 Å². The van der Waals surface area contributed by atoms with Crippen LogP contribution in [0.5, 0.6) is 5.75 Å². The summed E-state index contributed by atoms with van der Waals surface area (Å²) in [5.41, 5.74) is 0.549. The van der Waals surface area contributed by atoms with Gasteiger partial charge in [0.15, 0.2) is 0 Å². The summed E-state index contributed by atoms with van der Waals surface area (Å²) < 4.78 is 32.9. The smallest absolute Gasteiger partial charge is 0.261 e. The minimum atomic E-state index is -3.80. The van der Waals surface area contributed by atoms with Crippen molar-refractivity contribution >= 4 is 33.2 Å². The summed E-state index contributed by atoms with van der Waals surface area (Å²) in [7, 11) is -2.29. The van der Waals surface area contributed by atoms with Crippen molar-refractivity contribution in [2.45, 2.75) is 36.6 Å². The van der Waals surface area contributed by atoms with Crippen molar-refractivity contribution in [1.82, 2.24) is 5.32 Å². The van der Waals surface area contributed by atoms with Gasteiger partial charge in [-0.2, -0.15) is 0 Å². The van der Waals surface area contributed by atoms with Gasteiger partial charge in [-0.15, -0.1) is 0 Å². The van der Waals surface area contributed by atoms with E-state index in [1.165, 1.54) is 50.3 Å². The highest BCUT2D eigenvalue weighted by Gasteiger charge is 2.40. The van der Waals surface area contributed by atoms with E-state index in [-0.39, 0.29) is 33.1 Å². The normalized spacial score (nSPS) is 23.0. The maximum atomic E-state index is 12.8. The molecule has 0 saturated heterocycles. The third kappa shape index (κ3) is 4.21. The molecule has 2 aromatic rings. The Bertz CT molecular complexity index is 1020. The van der Waals surface area contributed by atoms with Crippen molar-refractivity contribution in [2.75, 3.05) is 11.8 Å². The lowest BCUT2D eigenvalue weighted by molar-refractivity contribution is 0.0923. The van der Waals surface area contributed by atoms with Crippen molar-refractivity contribution < 1.29 is 17.9 Å². The number of carbonyl (C=O) groups excluding carboxylic acids is 1. The van der Waals surface area contributed by atoms with Gasteiger partial charge in [0.2, 0.25) is 0 Å². The second-order valence-electron chi connectivity index (χ2n) is 7.73. The van der Waals surface area contributed by atoms with Crippen molar-refractivity contribution in [1.29, 1.82) is 0 Å². The predicted molar refractivity (Wildman–Crippen MR) is 112 cm³/mol. The van der Waals surface area contributed by atoms with Crippen LogP contribution in [0.3, 0.4) is 0 Å². The number of carbonyl (C=O) groups is 1. The van der Waals surface area contributed by atoms with Gasteiger partial charge < -0.3 is 10.1 Å². The van der Waals surface area contributed by atoms with Crippen molar-refractivity contribution in [2.24, 2.45) is 11.8 Å². The molecule has 1 amide bonds. The summed E-state index contributed by atoms with van der Waals surface area (Å²) in [6.45, 7) is 0. The van der Waals surface area contributed by atoms with Gasteiger partial charge in [-0.25, -0.2) is 8.42 Å². The van der Waals surface area contributed by atoms with Crippen molar-refractivity contribution in [3.8, 4) is 5.75 Å². The average Bonchev–Trinajstić information content (AvgIpc) is 3.32. The first-order valence-corrected chi connectivity index (χ1v) is 11.5. The van der Waals surface area contributed by atoms with Crippen molar-refractivity contribution in [3.63, 3.8) is 0 Å². The number of rotatable bonds is 6. The maximum Gasteiger partial charge on any atom is 0.261 e. The Morgan fingerprint density at radius 3 is 2.48 bits per heavy atom. The fourth-order valence-corrected chi connectivity index (χ4v) is 5.65. The zero-order chi connectivity index (χ0) is 20.6. The number of methoxy groups -OCH3 is 1. The third-order valence-electron chi connectivity index (χ3n) is 5.89. The van der Waals surface area contributed by atoms with E-state index in [9.17, 15) is 13.2 Å². The minimum Gasteiger partial charge on any atom is -0.497 e. The van der Waals surface area contributed by atoms with Crippen LogP contribution in [-0.4, -0.2) is 27.5 Å². The Hall–Kier alpha value is -2.25. The van der Waals surface area contributed by atoms with Crippen LogP contribution in [0.1, 0.15) is 36.0 Å². The first-order chi connectivity index (χ1) is 13.9. The van der Waals surface area contributed by atoms with Gasteiger partial charge in [0.05, 0.1) is 22.6 Å². The van der Waals surface area contributed by atoms with Gasteiger partial charge in [0.25, 0.3) is 15.9 Å². The van der Waals surface area contributed by atoms with E-state index < -0.39 is 10.0 Å². The Labute approximate surface area is 175 Å². The molecule has 0 aromatic heterocycles. The molecule has 2 fully saturated rings. The van der Waals surface area contributed by atoms with Crippen molar-refractivity contribution in [3.05, 3.63) is 53.1 Å². The fourth-order valence-electron chi connectivity index (χ4n) is 4.40. The Morgan fingerprint density at radius 2 is 1.86 bits per heavy atom. The highest BCUT2D eigenvalue weighted by molar-refractivity contribution is 7.92. The fraction of sp³-hybridized carbons (Fsp3) is 0.381. The summed E-state index contributed by atoms with van der Waals surface area (Å²) in [6, 6.07) is 10.8. The molecule has 8 heteroatoms. The molecule has 0 unspecified atom stereocenters. The molecule has 2 N–H and O–H groups in total. The van der Waals surface area contributed by atoms with E-state index in [1.807, 2.05) is 0 Å². The lowest BCUT2D eigenvalue weighted by Gasteiger charge is -2.23. The molecule has 4 rings (SSSR count). The SMILES string of the molecule is COc1ccc(S(=O)(=O)Nc2ccc(Cl)c(C(=O)N[C@H]3C[C@@H]4CC[C@@H]3C4)c2)cc1. The number of ether oxygens (including phenoxy) is 1. The number of halogens is 1. The second kappa shape index (κ2) is 7.88. The molecule has 0 heterocycles. The highest BCUT2D eigenvalue weighted by Crippen LogP contribution is 2.44. The molecule has 2 aliphatic rings. The second-order valence-corrected chi connectivity index (χ2v) is 9.82. The quantitative estimate of drug-likeness (QED) is 0.717. The molecule has 2 aliphatic carbocycles. The molecule has 0 spiro atoms. The Morgan fingerprint density at radius 1 is 1.10 bits per heavy atom. The van der Waals surface area contributed by atoms with Gasteiger partial charge in [-0.3, -0.25) is 9.52 Å². The Kier molecular flexibility index (Phi) is 5.44. The van der Waals surface area contributed by atoms with Crippen LogP contribution in [0.4, 0.5) is 5.69 Å². The third-order valence-corrected chi connectivity index (χ3v) is 7.61. The number of sulfonamides is 1. The summed E-state index contributed by atoms with van der Waals surface area (Å²) in [5.74, 6) is 1.55. The number of hydrogen-bond acceptors (Lipinski definition) is 4. The predicted octanol–water partition coefficient (Wildman–Crippen LogP) is 4.07. The van der Waals surface area contributed by atoms with Crippen LogP contribution < -0.4 is 14.8 Å². The standard InChI is InChI=1S/C21H23ClN2O4S/c1-28-16-5-7-17(8-6-16)29(26,27)24-15-4-9-19(22)18(12-15)21(25)23-20-11-13-2-3-14(20)10-13/h4-9,12-14,20,24H,2-3,10-11H2,1H3,(H,23,25)/t13-,14-,20+/m1/s1. The van der Waals surface area contributed by atoms with Crippen LogP contribution in [0.15, 0.2) is 47.4 Å². The number of nitrogens with one attached hydrogen (secondary N) is 2. The average molecular weight is 435 g/mol. The first kappa shape index (κ1) is 20.0. The van der Waals surface area contributed by atoms with Gasteiger partial charge >= 0.3 is 0 Å². The summed E-state index contributed by atoms with van der Waals surface area (Å²) in [5, 5.41) is 3.38. The monoisotopic (exact) mass is 434 g/mol. The highest BCUT2D eigenvalue weighted by atomic mass is 35.5. The van der Waals surface area contributed by atoms with E-state index in [4.69, 9.17) is 16.3 Å². The summed E-state index contributed by atoms with van der Waals surface area (Å²) in [4.78, 5) is 12.9. The molecule has 2 bridgehead atoms. The van der Waals surface area contributed by atoms with Gasteiger partial charge in [-0.05, 0) is 73.6 Å². The van der Waals surface area contributed by atoms with Gasteiger partial charge in [-0.1, -0.05) is 18.0 Å². The van der Waals surface area contributed by atoms with E-state index in [2.05, 4.69) is 10.0 Å². The van der Waals surface area contributed by atoms with Crippen LogP contribution >= 0.6 is 11.6 Å². The maximum absolute atomic E-state index is 12.8. The molecule has 2 saturated carbocycles. The zero-order valence-electron chi connectivity index (χ0n) is 16.0. The molecule has 154 valence electrons. The van der Waals surface area contributed by atoms with E-state index in [0.717, 1.165) is 12.8 Å². The number of anilines is 1. The molecule has 3 atom stereocenters. The molecule has 0 aliphatic heterocycles. The van der Waals surface area contributed by atoms with E-state index in [1.54, 1.807) is 12.1 Å². The number of amides is 1. The van der Waals surface area contributed by atoms with Gasteiger partial charge in [0.1, 0.15) is 5.75 Å². The van der Waals surface area contributed by atoms with E-state index >= 15 is 0 Å². The number of hydrogen-bond donors (Lipinski definition) is 2. The van der Waals surface area contributed by atoms with Crippen LogP contribution in [-0.2, 0) is 10.0 Å². The molecule has 29 heavy (non-hydrogen) atoms. The Balaban J connectivity index is 1.50. The zero-order valence-corrected chi connectivity index (χ0v) is 17.6. The summed E-state index contributed by atoms with van der Waals surface area (Å²) >= 11 is 6.23. The first-order valence-electron chi connectivity index (χ1n) is 9.63. The largest absolute Gasteiger partial charge is 0.497 e. The molecular weight excluding hydrogens is 412 g/mol. The molecular formula is C21H23ClN2O4S. The number of fused-ring (bicyclic) bond motifs is 2. The van der Waals surface area contributed by atoms with Crippen LogP contribution in [0.2, 0.25) is 5.02 Å².